The van der Waals surface area contributed by atoms with Crippen molar-refractivity contribution in [3.05, 3.63) is 74.2 Å². The fourth-order valence-corrected chi connectivity index (χ4v) is 4.77. The molecule has 4 rings (SSSR count). The molecule has 0 N–H and O–H groups in total. The molecule has 0 atom stereocenters. The van der Waals surface area contributed by atoms with E-state index >= 15 is 0 Å². The van der Waals surface area contributed by atoms with Crippen LogP contribution >= 0.6 is 51.5 Å². The van der Waals surface area contributed by atoms with Crippen LogP contribution in [0.25, 0.3) is 17.0 Å². The zero-order valence-corrected chi connectivity index (χ0v) is 18.3. The second kappa shape index (κ2) is 7.43. The number of carbonyl (C=O) groups is 1. The van der Waals surface area contributed by atoms with Crippen LogP contribution in [0.4, 0.5) is 0 Å². The largest absolute Gasteiger partial charge is 0.342 e. The van der Waals surface area contributed by atoms with Gasteiger partial charge in [-0.2, -0.15) is 0 Å². The third kappa shape index (κ3) is 3.59. The minimum Gasteiger partial charge on any atom is -0.342 e. The van der Waals surface area contributed by atoms with Gasteiger partial charge in [-0.15, -0.1) is 0 Å². The monoisotopic (exact) mass is 476 g/mol. The molecule has 2 heterocycles. The Balaban J connectivity index is 1.82. The predicted octanol–water partition coefficient (Wildman–Crippen LogP) is 5.94. The average molecular weight is 478 g/mol. The van der Waals surface area contributed by atoms with Gasteiger partial charge < -0.3 is 4.57 Å². The highest BCUT2D eigenvalue weighted by Gasteiger charge is 2.29. The van der Waals surface area contributed by atoms with Crippen molar-refractivity contribution in [3.63, 3.8) is 0 Å². The third-order valence-corrected chi connectivity index (χ3v) is 6.79. The van der Waals surface area contributed by atoms with Crippen molar-refractivity contribution < 1.29 is 4.79 Å². The van der Waals surface area contributed by atoms with E-state index in [1.165, 1.54) is 16.7 Å². The maximum absolute atomic E-state index is 12.4. The summed E-state index contributed by atoms with van der Waals surface area (Å²) >= 11 is 16.5. The molecule has 7 heteroatoms. The molecule has 1 saturated heterocycles. The van der Waals surface area contributed by atoms with Crippen LogP contribution in [0.1, 0.15) is 11.1 Å². The van der Waals surface area contributed by atoms with E-state index in [-0.39, 0.29) is 5.91 Å². The molecule has 0 aliphatic carbocycles. The molecule has 0 unspecified atom stereocenters. The van der Waals surface area contributed by atoms with Crippen LogP contribution in [-0.2, 0) is 11.3 Å². The van der Waals surface area contributed by atoms with Crippen molar-refractivity contribution in [3.8, 4) is 0 Å². The lowest BCUT2D eigenvalue weighted by Crippen LogP contribution is -2.22. The normalized spacial score (nSPS) is 16.1. The topological polar surface area (TPSA) is 25.2 Å². The number of aromatic nitrogens is 1. The highest BCUT2D eigenvalue weighted by Crippen LogP contribution is 2.34. The first kappa shape index (κ1) is 18.7. The molecule has 3 aromatic rings. The van der Waals surface area contributed by atoms with Gasteiger partial charge in [-0.05, 0) is 35.9 Å². The van der Waals surface area contributed by atoms with Crippen LogP contribution in [-0.4, -0.2) is 26.7 Å². The van der Waals surface area contributed by atoms with E-state index in [1.54, 1.807) is 7.05 Å². The predicted molar refractivity (Wildman–Crippen MR) is 121 cm³/mol. The molecule has 1 amide bonds. The summed E-state index contributed by atoms with van der Waals surface area (Å²) < 4.78 is 3.72. The van der Waals surface area contributed by atoms with Gasteiger partial charge in [0.25, 0.3) is 5.91 Å². The lowest BCUT2D eigenvalue weighted by atomic mass is 10.1. The van der Waals surface area contributed by atoms with E-state index in [2.05, 4.69) is 38.8 Å². The van der Waals surface area contributed by atoms with Gasteiger partial charge in [0.15, 0.2) is 0 Å². The van der Waals surface area contributed by atoms with Gasteiger partial charge in [-0.3, -0.25) is 9.69 Å². The van der Waals surface area contributed by atoms with E-state index in [0.717, 1.165) is 31.5 Å². The Hall–Kier alpha value is -1.60. The van der Waals surface area contributed by atoms with E-state index in [9.17, 15) is 4.79 Å². The van der Waals surface area contributed by atoms with E-state index in [0.29, 0.717) is 15.8 Å². The van der Waals surface area contributed by atoms with Crippen LogP contribution in [0.5, 0.6) is 0 Å². The van der Waals surface area contributed by atoms with Gasteiger partial charge in [-0.25, -0.2) is 0 Å². The highest BCUT2D eigenvalue weighted by molar-refractivity contribution is 9.10. The van der Waals surface area contributed by atoms with Crippen molar-refractivity contribution in [2.75, 3.05) is 7.05 Å². The second-order valence-electron chi connectivity index (χ2n) is 6.21. The maximum Gasteiger partial charge on any atom is 0.265 e. The van der Waals surface area contributed by atoms with Gasteiger partial charge in [0.05, 0.1) is 4.91 Å². The number of thiocarbonyl (C=S) groups is 1. The molecule has 0 bridgehead atoms. The van der Waals surface area contributed by atoms with E-state index in [4.69, 9.17) is 23.8 Å². The number of amides is 1. The van der Waals surface area contributed by atoms with Crippen LogP contribution < -0.4 is 0 Å². The Bertz CT molecular complexity index is 1120. The SMILES string of the molecule is CN1C(=O)/C(=C/c2cn(Cc3ccccc3Cl)c3ccc(Br)cc23)SC1=S. The molecular weight excluding hydrogens is 464 g/mol. The Morgan fingerprint density at radius 2 is 2.04 bits per heavy atom. The molecule has 27 heavy (non-hydrogen) atoms. The van der Waals surface area contributed by atoms with Crippen molar-refractivity contribution in [1.29, 1.82) is 0 Å². The highest BCUT2D eigenvalue weighted by atomic mass is 79.9. The number of nitrogens with zero attached hydrogens (tertiary/aromatic N) is 2. The molecule has 0 saturated carbocycles. The fourth-order valence-electron chi connectivity index (χ4n) is 3.04. The third-order valence-electron chi connectivity index (χ3n) is 4.45. The van der Waals surface area contributed by atoms with Crippen LogP contribution in [0.15, 0.2) is 58.0 Å². The number of benzene rings is 2. The molecule has 1 aromatic heterocycles. The van der Waals surface area contributed by atoms with Crippen molar-refractivity contribution in [2.45, 2.75) is 6.54 Å². The van der Waals surface area contributed by atoms with Crippen LogP contribution in [0, 0.1) is 0 Å². The summed E-state index contributed by atoms with van der Waals surface area (Å²) in [7, 11) is 1.70. The van der Waals surface area contributed by atoms with Crippen molar-refractivity contribution >= 4 is 78.7 Å². The maximum atomic E-state index is 12.4. The Kier molecular flexibility index (Phi) is 5.16. The summed E-state index contributed by atoms with van der Waals surface area (Å²) in [5, 5.41) is 1.81. The molecule has 1 aliphatic heterocycles. The second-order valence-corrected chi connectivity index (χ2v) is 9.20. The molecule has 2 aromatic carbocycles. The van der Waals surface area contributed by atoms with Gasteiger partial charge >= 0.3 is 0 Å². The molecule has 1 fully saturated rings. The number of thioether (sulfide) groups is 1. The number of hydrogen-bond donors (Lipinski definition) is 0. The smallest absolute Gasteiger partial charge is 0.265 e. The number of hydrogen-bond acceptors (Lipinski definition) is 3. The number of halogens is 2. The lowest BCUT2D eigenvalue weighted by Gasteiger charge is -2.07. The summed E-state index contributed by atoms with van der Waals surface area (Å²) in [6.07, 6.45) is 3.98. The lowest BCUT2D eigenvalue weighted by molar-refractivity contribution is -0.121. The molecular formula is C20H14BrClN2OS2. The average Bonchev–Trinajstić information content (AvgIpc) is 3.09. The quantitative estimate of drug-likeness (QED) is 0.345. The van der Waals surface area contributed by atoms with Gasteiger partial charge in [0, 0.05) is 45.8 Å². The number of likely N-dealkylation sites (N-methyl/N-ethyl adjacent to an activating group) is 1. The summed E-state index contributed by atoms with van der Waals surface area (Å²) in [5.41, 5.74) is 3.11. The van der Waals surface area contributed by atoms with Crippen molar-refractivity contribution in [1.82, 2.24) is 9.47 Å². The first-order valence-electron chi connectivity index (χ1n) is 8.17. The summed E-state index contributed by atoms with van der Waals surface area (Å²) in [4.78, 5) is 14.5. The van der Waals surface area contributed by atoms with E-state index < -0.39 is 0 Å². The number of rotatable bonds is 3. The van der Waals surface area contributed by atoms with Gasteiger partial charge in [-0.1, -0.05) is 69.7 Å². The van der Waals surface area contributed by atoms with Crippen molar-refractivity contribution in [2.24, 2.45) is 0 Å². The molecule has 0 radical (unpaired) electrons. The number of carbonyl (C=O) groups excluding carboxylic acids is 1. The molecule has 136 valence electrons. The summed E-state index contributed by atoms with van der Waals surface area (Å²) in [6, 6.07) is 14.0. The summed E-state index contributed by atoms with van der Waals surface area (Å²) in [5.74, 6) is -0.0630. The standard InChI is InChI=1S/C20H14BrClN2OS2/c1-23-19(25)18(27-20(23)26)8-13-11-24(10-12-4-2-3-5-16(12)22)17-7-6-14(21)9-15(13)17/h2-9,11H,10H2,1H3/b18-8-. The molecule has 0 spiro atoms. The Labute approximate surface area is 180 Å². The zero-order chi connectivity index (χ0) is 19.1. The zero-order valence-electron chi connectivity index (χ0n) is 14.3. The Morgan fingerprint density at radius 1 is 1.26 bits per heavy atom. The fraction of sp³-hybridized carbons (Fsp3) is 0.100. The first-order chi connectivity index (χ1) is 12.9. The Morgan fingerprint density at radius 3 is 2.74 bits per heavy atom. The van der Waals surface area contributed by atoms with Gasteiger partial charge in [0.2, 0.25) is 0 Å². The van der Waals surface area contributed by atoms with Crippen LogP contribution in [0.3, 0.4) is 0 Å². The number of fused-ring (bicyclic) bond motifs is 1. The minimum absolute atomic E-state index is 0.0630. The molecule has 3 nitrogen and oxygen atoms in total. The minimum atomic E-state index is -0.0630. The molecule has 1 aliphatic rings. The van der Waals surface area contributed by atoms with E-state index in [1.807, 2.05) is 36.4 Å². The first-order valence-corrected chi connectivity index (χ1v) is 10.6. The van der Waals surface area contributed by atoms with Crippen LogP contribution in [0.2, 0.25) is 5.02 Å². The summed E-state index contributed by atoms with van der Waals surface area (Å²) in [6.45, 7) is 0.653. The van der Waals surface area contributed by atoms with Gasteiger partial charge in [0.1, 0.15) is 4.32 Å².